The summed E-state index contributed by atoms with van der Waals surface area (Å²) in [4.78, 5) is 13.5. The van der Waals surface area contributed by atoms with Gasteiger partial charge in [0.05, 0.1) is 6.04 Å². The van der Waals surface area contributed by atoms with E-state index < -0.39 is 0 Å². The lowest BCUT2D eigenvalue weighted by Gasteiger charge is -2.17. The molecule has 1 amide bonds. The van der Waals surface area contributed by atoms with Gasteiger partial charge < -0.3 is 10.0 Å². The molecule has 2 aliphatic heterocycles. The summed E-state index contributed by atoms with van der Waals surface area (Å²) < 4.78 is 12.9. The highest BCUT2D eigenvalue weighted by molar-refractivity contribution is 6.05. The minimum atomic E-state index is -0.318. The number of aliphatic hydroxyl groups is 1. The van der Waals surface area contributed by atoms with E-state index in [1.165, 1.54) is 12.1 Å². The van der Waals surface area contributed by atoms with Crippen molar-refractivity contribution in [2.24, 2.45) is 0 Å². The Morgan fingerprint density at radius 3 is 2.71 bits per heavy atom. The van der Waals surface area contributed by atoms with Crippen molar-refractivity contribution in [2.75, 3.05) is 6.54 Å². The number of rotatable bonds is 1. The Morgan fingerprint density at radius 1 is 1.29 bits per heavy atom. The molecule has 0 spiro atoms. The van der Waals surface area contributed by atoms with Gasteiger partial charge in [-0.1, -0.05) is 12.1 Å². The van der Waals surface area contributed by atoms with Crippen LogP contribution in [0.3, 0.4) is 0 Å². The Bertz CT molecular complexity index is 507. The Hall–Kier alpha value is -1.84. The summed E-state index contributed by atoms with van der Waals surface area (Å²) in [7, 11) is 0. The van der Waals surface area contributed by atoms with Crippen molar-refractivity contribution in [3.63, 3.8) is 0 Å². The number of amides is 1. The second-order valence-electron chi connectivity index (χ2n) is 4.43. The maximum atomic E-state index is 12.9. The molecule has 0 aromatic heterocycles. The molecular formula is C13H12FNO2. The van der Waals surface area contributed by atoms with E-state index in [1.807, 2.05) is 0 Å². The van der Waals surface area contributed by atoms with E-state index in [9.17, 15) is 14.3 Å². The van der Waals surface area contributed by atoms with Gasteiger partial charge in [0, 0.05) is 12.1 Å². The first-order valence-corrected chi connectivity index (χ1v) is 5.68. The van der Waals surface area contributed by atoms with Gasteiger partial charge in [0.25, 0.3) is 5.91 Å². The third kappa shape index (κ3) is 1.44. The summed E-state index contributed by atoms with van der Waals surface area (Å²) in [6.45, 7) is 0.693. The molecule has 1 saturated heterocycles. The van der Waals surface area contributed by atoms with E-state index >= 15 is 0 Å². The first-order chi connectivity index (χ1) is 8.18. The monoisotopic (exact) mass is 233 g/mol. The lowest BCUT2D eigenvalue weighted by Crippen LogP contribution is -2.29. The summed E-state index contributed by atoms with van der Waals surface area (Å²) in [5.41, 5.74) is 1.37. The fourth-order valence-corrected chi connectivity index (χ4v) is 2.68. The average molecular weight is 233 g/mol. The smallest absolute Gasteiger partial charge is 0.289 e. The molecule has 2 heterocycles. The second-order valence-corrected chi connectivity index (χ2v) is 4.43. The Balaban J connectivity index is 2.07. The number of aliphatic hydroxyl groups excluding tert-OH is 1. The van der Waals surface area contributed by atoms with E-state index in [0.29, 0.717) is 12.1 Å². The molecule has 0 bridgehead atoms. The van der Waals surface area contributed by atoms with Crippen LogP contribution in [0.25, 0.3) is 5.57 Å². The van der Waals surface area contributed by atoms with E-state index in [-0.39, 0.29) is 23.5 Å². The third-order valence-electron chi connectivity index (χ3n) is 3.46. The van der Waals surface area contributed by atoms with E-state index in [1.54, 1.807) is 17.0 Å². The van der Waals surface area contributed by atoms with E-state index in [2.05, 4.69) is 0 Å². The lowest BCUT2D eigenvalue weighted by molar-refractivity contribution is -0.128. The minimum Gasteiger partial charge on any atom is -0.503 e. The number of halogens is 1. The molecule has 0 radical (unpaired) electrons. The van der Waals surface area contributed by atoms with Gasteiger partial charge >= 0.3 is 0 Å². The van der Waals surface area contributed by atoms with Crippen molar-refractivity contribution >= 4 is 11.5 Å². The van der Waals surface area contributed by atoms with Crippen LogP contribution in [0.4, 0.5) is 4.39 Å². The van der Waals surface area contributed by atoms with Crippen LogP contribution in [-0.2, 0) is 4.79 Å². The van der Waals surface area contributed by atoms with Gasteiger partial charge in [-0.3, -0.25) is 4.79 Å². The molecule has 1 atom stereocenters. The SMILES string of the molecule is O=C1C(O)=C(c2ccc(F)cc2)C2CCCN12. The highest BCUT2D eigenvalue weighted by atomic mass is 19.1. The van der Waals surface area contributed by atoms with Crippen molar-refractivity contribution in [3.05, 3.63) is 41.4 Å². The van der Waals surface area contributed by atoms with Crippen LogP contribution in [0.2, 0.25) is 0 Å². The van der Waals surface area contributed by atoms with Gasteiger partial charge in [-0.2, -0.15) is 0 Å². The van der Waals surface area contributed by atoms with Gasteiger partial charge in [0.15, 0.2) is 5.76 Å². The zero-order valence-electron chi connectivity index (χ0n) is 9.19. The Kier molecular flexibility index (Phi) is 2.18. The van der Waals surface area contributed by atoms with Crippen LogP contribution in [0.15, 0.2) is 30.0 Å². The van der Waals surface area contributed by atoms with Gasteiger partial charge in [0.2, 0.25) is 0 Å². The summed E-state index contributed by atoms with van der Waals surface area (Å²) >= 11 is 0. The zero-order chi connectivity index (χ0) is 12.0. The van der Waals surface area contributed by atoms with Gasteiger partial charge in [-0.15, -0.1) is 0 Å². The highest BCUT2D eigenvalue weighted by Gasteiger charge is 2.42. The van der Waals surface area contributed by atoms with Crippen molar-refractivity contribution in [2.45, 2.75) is 18.9 Å². The number of fused-ring (bicyclic) bond motifs is 1. The third-order valence-corrected chi connectivity index (χ3v) is 3.46. The molecule has 88 valence electrons. The van der Waals surface area contributed by atoms with Gasteiger partial charge in [-0.25, -0.2) is 4.39 Å². The molecule has 1 N–H and O–H groups in total. The van der Waals surface area contributed by atoms with Gasteiger partial charge in [0.1, 0.15) is 5.82 Å². The first-order valence-electron chi connectivity index (χ1n) is 5.68. The topological polar surface area (TPSA) is 40.5 Å². The minimum absolute atomic E-state index is 0.0343. The van der Waals surface area contributed by atoms with Crippen LogP contribution in [0.5, 0.6) is 0 Å². The fraction of sp³-hybridized carbons (Fsp3) is 0.308. The Labute approximate surface area is 98.2 Å². The predicted octanol–water partition coefficient (Wildman–Crippen LogP) is 2.10. The number of carbonyl (C=O) groups excluding carboxylic acids is 1. The molecule has 1 unspecified atom stereocenters. The van der Waals surface area contributed by atoms with Crippen molar-refractivity contribution in [1.82, 2.24) is 4.90 Å². The molecule has 2 aliphatic rings. The zero-order valence-corrected chi connectivity index (χ0v) is 9.19. The normalized spacial score (nSPS) is 23.5. The van der Waals surface area contributed by atoms with Crippen molar-refractivity contribution < 1.29 is 14.3 Å². The molecule has 1 fully saturated rings. The fourth-order valence-electron chi connectivity index (χ4n) is 2.68. The largest absolute Gasteiger partial charge is 0.503 e. The molecule has 0 saturated carbocycles. The number of benzene rings is 1. The van der Waals surface area contributed by atoms with E-state index in [0.717, 1.165) is 18.4 Å². The average Bonchev–Trinajstić information content (AvgIpc) is 2.87. The second kappa shape index (κ2) is 3.58. The summed E-state index contributed by atoms with van der Waals surface area (Å²) in [6.07, 6.45) is 1.82. The summed E-state index contributed by atoms with van der Waals surface area (Å²) in [5, 5.41) is 9.88. The highest BCUT2D eigenvalue weighted by Crippen LogP contribution is 2.38. The molecule has 3 nitrogen and oxygen atoms in total. The standard InChI is InChI=1S/C13H12FNO2/c14-9-5-3-8(4-6-9)11-10-2-1-7-15(10)13(17)12(11)16/h3-6,10,16H,1-2,7H2. The quantitative estimate of drug-likeness (QED) is 0.807. The summed E-state index contributed by atoms with van der Waals surface area (Å²) in [6, 6.07) is 5.87. The number of carbonyl (C=O) groups is 1. The number of hydrogen-bond acceptors (Lipinski definition) is 2. The summed E-state index contributed by atoms with van der Waals surface area (Å²) in [5.74, 6) is -0.797. The number of nitrogens with zero attached hydrogens (tertiary/aromatic N) is 1. The molecule has 1 aromatic carbocycles. The molecule has 1 aromatic rings. The van der Waals surface area contributed by atoms with Crippen LogP contribution in [0, 0.1) is 5.82 Å². The number of hydrogen-bond donors (Lipinski definition) is 1. The van der Waals surface area contributed by atoms with Crippen molar-refractivity contribution in [1.29, 1.82) is 0 Å². The van der Waals surface area contributed by atoms with Crippen molar-refractivity contribution in [3.8, 4) is 0 Å². The predicted molar refractivity (Wildman–Crippen MR) is 60.7 cm³/mol. The first kappa shape index (κ1) is 10.3. The Morgan fingerprint density at radius 2 is 2.00 bits per heavy atom. The van der Waals surface area contributed by atoms with E-state index in [4.69, 9.17) is 0 Å². The van der Waals surface area contributed by atoms with Crippen LogP contribution in [-0.4, -0.2) is 28.5 Å². The maximum absolute atomic E-state index is 12.9. The molecule has 0 aliphatic carbocycles. The lowest BCUT2D eigenvalue weighted by atomic mass is 9.98. The molecule has 17 heavy (non-hydrogen) atoms. The molecule has 3 rings (SSSR count). The van der Waals surface area contributed by atoms with Crippen LogP contribution >= 0.6 is 0 Å². The van der Waals surface area contributed by atoms with Crippen LogP contribution < -0.4 is 0 Å². The van der Waals surface area contributed by atoms with Gasteiger partial charge in [-0.05, 0) is 30.5 Å². The van der Waals surface area contributed by atoms with Crippen LogP contribution in [0.1, 0.15) is 18.4 Å². The molecule has 4 heteroatoms. The maximum Gasteiger partial charge on any atom is 0.289 e. The molecular weight excluding hydrogens is 221 g/mol.